The number of aliphatic imine (C=N–C) groups is 1. The van der Waals surface area contributed by atoms with Gasteiger partial charge in [-0.05, 0) is 52.9 Å². The number of carbonyl (C=O) groups is 1. The molecule has 0 saturated carbocycles. The van der Waals surface area contributed by atoms with Crippen LogP contribution in [0.4, 0.5) is 14.9 Å². The molecule has 0 aliphatic carbocycles. The van der Waals surface area contributed by atoms with Crippen molar-refractivity contribution < 1.29 is 13.9 Å². The molecule has 6 nitrogen and oxygen atoms in total. The number of hydrogen-bond acceptors (Lipinski definition) is 5. The van der Waals surface area contributed by atoms with E-state index in [2.05, 4.69) is 10.3 Å². The lowest BCUT2D eigenvalue weighted by Crippen LogP contribution is -2.50. The molecule has 2 rings (SSSR count). The highest BCUT2D eigenvalue weighted by molar-refractivity contribution is 5.97. The van der Waals surface area contributed by atoms with Gasteiger partial charge in [-0.25, -0.2) is 9.18 Å². The van der Waals surface area contributed by atoms with E-state index in [1.807, 2.05) is 18.9 Å². The summed E-state index contributed by atoms with van der Waals surface area (Å²) in [5.74, 6) is 0.0599. The molecule has 0 aromatic heterocycles. The van der Waals surface area contributed by atoms with Gasteiger partial charge in [0.1, 0.15) is 22.8 Å². The molecule has 1 heterocycles. The van der Waals surface area contributed by atoms with Crippen LogP contribution in [-0.2, 0) is 10.3 Å². The Kier molecular flexibility index (Phi) is 4.85. The maximum Gasteiger partial charge on any atom is 0.413 e. The third kappa shape index (κ3) is 4.44. The lowest BCUT2D eigenvalue weighted by Gasteiger charge is -2.36. The standard InChI is InChI=1S/C17H25FN4O2/c1-16(2,3)24-15(23)20-14-9-22(5)10-17(4,21-14)12-8-11(19)6-7-13(12)18/h6-8H,9-10,19H2,1-5H3,(H,20,21,23). The summed E-state index contributed by atoms with van der Waals surface area (Å²) in [5.41, 5.74) is 5.21. The van der Waals surface area contributed by atoms with E-state index < -0.39 is 17.2 Å². The minimum atomic E-state index is -0.850. The van der Waals surface area contributed by atoms with Gasteiger partial charge in [-0.1, -0.05) is 0 Å². The zero-order valence-electron chi connectivity index (χ0n) is 14.8. The molecule has 0 saturated heterocycles. The normalized spacial score (nSPS) is 22.0. The molecular formula is C17H25FN4O2. The number of anilines is 1. The van der Waals surface area contributed by atoms with Crippen LogP contribution in [0.3, 0.4) is 0 Å². The number of nitrogens with zero attached hydrogens (tertiary/aromatic N) is 2. The second-order valence-electron chi connectivity index (χ2n) is 7.37. The van der Waals surface area contributed by atoms with Gasteiger partial charge in [0.25, 0.3) is 0 Å². The van der Waals surface area contributed by atoms with Crippen LogP contribution in [0.15, 0.2) is 23.2 Å². The van der Waals surface area contributed by atoms with Crippen molar-refractivity contribution >= 4 is 17.6 Å². The maximum absolute atomic E-state index is 14.3. The highest BCUT2D eigenvalue weighted by atomic mass is 19.1. The van der Waals surface area contributed by atoms with E-state index in [4.69, 9.17) is 10.5 Å². The van der Waals surface area contributed by atoms with Crippen LogP contribution >= 0.6 is 0 Å². The van der Waals surface area contributed by atoms with Gasteiger partial charge in [-0.3, -0.25) is 15.2 Å². The van der Waals surface area contributed by atoms with Crippen LogP contribution in [0.5, 0.6) is 0 Å². The Bertz CT molecular complexity index is 669. The first-order valence-electron chi connectivity index (χ1n) is 7.81. The number of nitrogens with two attached hydrogens (primary N) is 1. The second-order valence-corrected chi connectivity index (χ2v) is 7.37. The van der Waals surface area contributed by atoms with Crippen LogP contribution in [-0.4, -0.2) is 42.6 Å². The van der Waals surface area contributed by atoms with Gasteiger partial charge in [0.15, 0.2) is 0 Å². The van der Waals surface area contributed by atoms with E-state index in [0.717, 1.165) is 0 Å². The number of hydrogen-bond donors (Lipinski definition) is 2. The van der Waals surface area contributed by atoms with Crippen molar-refractivity contribution in [3.63, 3.8) is 0 Å². The van der Waals surface area contributed by atoms with E-state index in [0.29, 0.717) is 30.2 Å². The molecule has 0 fully saturated rings. The Morgan fingerprint density at radius 1 is 1.46 bits per heavy atom. The molecule has 1 atom stereocenters. The van der Waals surface area contributed by atoms with Crippen molar-refractivity contribution in [2.24, 2.45) is 4.99 Å². The molecule has 3 N–H and O–H groups in total. The van der Waals surface area contributed by atoms with E-state index in [1.165, 1.54) is 12.1 Å². The topological polar surface area (TPSA) is 80.0 Å². The third-order valence-electron chi connectivity index (χ3n) is 3.60. The Hall–Kier alpha value is -2.15. The van der Waals surface area contributed by atoms with Gasteiger partial charge in [-0.2, -0.15) is 0 Å². The Balaban J connectivity index is 2.30. The lowest BCUT2D eigenvalue weighted by molar-refractivity contribution is 0.0559. The van der Waals surface area contributed by atoms with Gasteiger partial charge in [0, 0.05) is 17.8 Å². The van der Waals surface area contributed by atoms with Gasteiger partial charge < -0.3 is 10.5 Å². The van der Waals surface area contributed by atoms with Crippen LogP contribution < -0.4 is 11.1 Å². The number of benzene rings is 1. The molecular weight excluding hydrogens is 311 g/mol. The molecule has 1 unspecified atom stereocenters. The summed E-state index contributed by atoms with van der Waals surface area (Å²) < 4.78 is 19.5. The molecule has 0 radical (unpaired) electrons. The van der Waals surface area contributed by atoms with Gasteiger partial charge >= 0.3 is 6.09 Å². The van der Waals surface area contributed by atoms with Crippen LogP contribution in [0.1, 0.15) is 33.3 Å². The van der Waals surface area contributed by atoms with Crippen LogP contribution in [0.2, 0.25) is 0 Å². The largest absolute Gasteiger partial charge is 0.444 e. The van der Waals surface area contributed by atoms with Gasteiger partial charge in [0.05, 0.1) is 6.54 Å². The SMILES string of the molecule is CN1CC(NC(=O)OC(C)(C)C)=NC(C)(c2cc(N)ccc2F)C1. The van der Waals surface area contributed by atoms with Crippen molar-refractivity contribution in [1.82, 2.24) is 10.2 Å². The summed E-state index contributed by atoms with van der Waals surface area (Å²) in [7, 11) is 1.88. The third-order valence-corrected chi connectivity index (χ3v) is 3.60. The number of carbonyl (C=O) groups excluding carboxylic acids is 1. The number of amides is 1. The quantitative estimate of drug-likeness (QED) is 0.772. The zero-order valence-corrected chi connectivity index (χ0v) is 14.8. The molecule has 1 aliphatic heterocycles. The number of nitrogens with one attached hydrogen (secondary N) is 1. The maximum atomic E-state index is 14.3. The van der Waals surface area contributed by atoms with Crippen LogP contribution in [0, 0.1) is 5.82 Å². The summed E-state index contributed by atoms with van der Waals surface area (Å²) in [4.78, 5) is 18.5. The summed E-state index contributed by atoms with van der Waals surface area (Å²) in [6.45, 7) is 8.12. The molecule has 132 valence electrons. The van der Waals surface area contributed by atoms with Crippen molar-refractivity contribution in [3.05, 3.63) is 29.6 Å². The van der Waals surface area contributed by atoms with E-state index in [9.17, 15) is 9.18 Å². The Morgan fingerprint density at radius 3 is 2.75 bits per heavy atom. The Morgan fingerprint density at radius 2 is 2.12 bits per heavy atom. The molecule has 0 bridgehead atoms. The average molecular weight is 336 g/mol. The fourth-order valence-corrected chi connectivity index (χ4v) is 2.80. The molecule has 1 aromatic rings. The number of rotatable bonds is 1. The average Bonchev–Trinajstić information content (AvgIpc) is 2.37. The van der Waals surface area contributed by atoms with E-state index >= 15 is 0 Å². The first-order chi connectivity index (χ1) is 11.0. The Labute approximate surface area is 141 Å². The molecule has 0 spiro atoms. The molecule has 7 heteroatoms. The fraction of sp³-hybridized carbons (Fsp3) is 0.529. The highest BCUT2D eigenvalue weighted by Gasteiger charge is 2.35. The minimum absolute atomic E-state index is 0.373. The number of halogens is 1. The molecule has 1 aliphatic rings. The summed E-state index contributed by atoms with van der Waals surface area (Å²) in [5, 5.41) is 2.66. The predicted molar refractivity (Wildman–Crippen MR) is 92.5 cm³/mol. The predicted octanol–water partition coefficient (Wildman–Crippen LogP) is 2.49. The first kappa shape index (κ1) is 18.2. The number of amidine groups is 1. The van der Waals surface area contributed by atoms with Crippen molar-refractivity contribution in [2.45, 2.75) is 38.8 Å². The fourth-order valence-electron chi connectivity index (χ4n) is 2.80. The van der Waals surface area contributed by atoms with Gasteiger partial charge in [-0.15, -0.1) is 0 Å². The second kappa shape index (κ2) is 6.39. The molecule has 1 amide bonds. The molecule has 24 heavy (non-hydrogen) atoms. The highest BCUT2D eigenvalue weighted by Crippen LogP contribution is 2.32. The van der Waals surface area contributed by atoms with Crippen LogP contribution in [0.25, 0.3) is 0 Å². The number of likely N-dealkylation sites (N-methyl/N-ethyl adjacent to an activating group) is 1. The smallest absolute Gasteiger partial charge is 0.413 e. The number of alkyl carbamates (subject to hydrolysis) is 1. The summed E-state index contributed by atoms with van der Waals surface area (Å²) in [6, 6.07) is 4.43. The van der Waals surface area contributed by atoms with E-state index in [1.54, 1.807) is 26.8 Å². The number of nitrogen functional groups attached to an aromatic ring is 1. The minimum Gasteiger partial charge on any atom is -0.444 e. The summed E-state index contributed by atoms with van der Waals surface area (Å²) in [6.07, 6.45) is -0.577. The van der Waals surface area contributed by atoms with E-state index in [-0.39, 0.29) is 5.82 Å². The van der Waals surface area contributed by atoms with Crippen molar-refractivity contribution in [1.29, 1.82) is 0 Å². The number of ether oxygens (including phenoxy) is 1. The lowest BCUT2D eigenvalue weighted by atomic mass is 9.90. The summed E-state index contributed by atoms with van der Waals surface area (Å²) >= 11 is 0. The zero-order chi connectivity index (χ0) is 18.1. The van der Waals surface area contributed by atoms with Crippen molar-refractivity contribution in [2.75, 3.05) is 25.9 Å². The molecule has 1 aromatic carbocycles. The van der Waals surface area contributed by atoms with Gasteiger partial charge in [0.2, 0.25) is 0 Å². The first-order valence-corrected chi connectivity index (χ1v) is 7.81. The van der Waals surface area contributed by atoms with Crippen molar-refractivity contribution in [3.8, 4) is 0 Å². The monoisotopic (exact) mass is 336 g/mol.